The number of hydrogen-bond donors (Lipinski definition) is 1. The van der Waals surface area contributed by atoms with Crippen LogP contribution in [0.15, 0.2) is 41.4 Å². The number of aryl methyl sites for hydroxylation is 2. The first-order valence-corrected chi connectivity index (χ1v) is 11.5. The first-order chi connectivity index (χ1) is 14.0. The fourth-order valence-corrected chi connectivity index (χ4v) is 5.69. The van der Waals surface area contributed by atoms with Gasteiger partial charge in [-0.2, -0.15) is 4.31 Å². The van der Waals surface area contributed by atoms with Gasteiger partial charge in [0.1, 0.15) is 10.6 Å². The molecular weight excluding hydrogens is 390 g/mol. The van der Waals surface area contributed by atoms with Gasteiger partial charge in [0.2, 0.25) is 10.0 Å². The van der Waals surface area contributed by atoms with Gasteiger partial charge in [0.05, 0.1) is 13.2 Å². The van der Waals surface area contributed by atoms with Crippen molar-refractivity contribution in [1.29, 1.82) is 0 Å². The van der Waals surface area contributed by atoms with Gasteiger partial charge in [-0.1, -0.05) is 24.3 Å². The van der Waals surface area contributed by atoms with Crippen LogP contribution in [0.2, 0.25) is 0 Å². The molecule has 1 fully saturated rings. The Hall–Kier alpha value is -2.16. The topological polar surface area (TPSA) is 80.6 Å². The van der Waals surface area contributed by atoms with Crippen LogP contribution < -0.4 is 5.32 Å². The molecule has 1 amide bonds. The van der Waals surface area contributed by atoms with Crippen LogP contribution >= 0.6 is 0 Å². The summed E-state index contributed by atoms with van der Waals surface area (Å²) in [6.07, 6.45) is 4.75. The van der Waals surface area contributed by atoms with Crippen molar-refractivity contribution in [3.63, 3.8) is 0 Å². The molecule has 2 aliphatic rings. The van der Waals surface area contributed by atoms with Crippen molar-refractivity contribution in [3.05, 3.63) is 53.3 Å². The molecule has 8 heteroatoms. The molecule has 7 nitrogen and oxygen atoms in total. The summed E-state index contributed by atoms with van der Waals surface area (Å²) in [7, 11) is -1.92. The molecule has 1 aliphatic heterocycles. The van der Waals surface area contributed by atoms with Crippen LogP contribution in [0.3, 0.4) is 0 Å². The van der Waals surface area contributed by atoms with Crippen molar-refractivity contribution >= 4 is 15.9 Å². The number of aromatic nitrogens is 1. The van der Waals surface area contributed by atoms with Crippen molar-refractivity contribution in [1.82, 2.24) is 14.2 Å². The van der Waals surface area contributed by atoms with Gasteiger partial charge in [-0.15, -0.1) is 0 Å². The number of amides is 1. The molecule has 2 aromatic rings. The van der Waals surface area contributed by atoms with Gasteiger partial charge >= 0.3 is 0 Å². The molecule has 2 heterocycles. The molecule has 1 atom stereocenters. The SMILES string of the molecule is Cn1cc(S(=O)(=O)N2CCOCC2)cc1C(=O)NCC1CCCc2ccccc21. The van der Waals surface area contributed by atoms with Gasteiger partial charge in [0.15, 0.2) is 0 Å². The minimum Gasteiger partial charge on any atom is -0.379 e. The zero-order valence-electron chi connectivity index (χ0n) is 16.6. The van der Waals surface area contributed by atoms with E-state index in [1.54, 1.807) is 11.6 Å². The van der Waals surface area contributed by atoms with Crippen LogP contribution in [-0.2, 0) is 28.2 Å². The molecule has 1 unspecified atom stereocenters. The van der Waals surface area contributed by atoms with Gasteiger partial charge in [0, 0.05) is 38.8 Å². The number of benzene rings is 1. The molecular formula is C21H27N3O4S. The summed E-state index contributed by atoms with van der Waals surface area (Å²) in [6, 6.07) is 9.86. The van der Waals surface area contributed by atoms with Gasteiger partial charge < -0.3 is 14.6 Å². The van der Waals surface area contributed by atoms with E-state index < -0.39 is 10.0 Å². The van der Waals surface area contributed by atoms with Gasteiger partial charge in [-0.3, -0.25) is 4.79 Å². The Morgan fingerprint density at radius 1 is 1.24 bits per heavy atom. The van der Waals surface area contributed by atoms with Gasteiger partial charge in [-0.25, -0.2) is 8.42 Å². The van der Waals surface area contributed by atoms with Crippen molar-refractivity contribution in [2.45, 2.75) is 30.1 Å². The summed E-state index contributed by atoms with van der Waals surface area (Å²) in [5, 5.41) is 3.01. The number of carbonyl (C=O) groups is 1. The molecule has 1 aliphatic carbocycles. The predicted octanol–water partition coefficient (Wildman–Crippen LogP) is 1.90. The van der Waals surface area contributed by atoms with Crippen molar-refractivity contribution < 1.29 is 17.9 Å². The quantitative estimate of drug-likeness (QED) is 0.806. The van der Waals surface area contributed by atoms with Gasteiger partial charge in [0.25, 0.3) is 5.91 Å². The van der Waals surface area contributed by atoms with E-state index in [1.165, 1.54) is 27.7 Å². The standard InChI is InChI=1S/C21H27N3O4S/c1-23-15-18(29(26,27)24-9-11-28-12-10-24)13-20(23)21(25)22-14-17-7-4-6-16-5-2-3-8-19(16)17/h2-3,5,8,13,15,17H,4,6-7,9-12,14H2,1H3,(H,22,25). The highest BCUT2D eigenvalue weighted by Gasteiger charge is 2.29. The molecule has 1 aromatic heterocycles. The second-order valence-electron chi connectivity index (χ2n) is 7.69. The monoisotopic (exact) mass is 417 g/mol. The third kappa shape index (κ3) is 4.10. The first kappa shape index (κ1) is 20.1. The van der Waals surface area contributed by atoms with Crippen LogP contribution in [0.4, 0.5) is 0 Å². The predicted molar refractivity (Wildman–Crippen MR) is 109 cm³/mol. The largest absolute Gasteiger partial charge is 0.379 e. The molecule has 156 valence electrons. The number of sulfonamides is 1. The van der Waals surface area contributed by atoms with E-state index in [4.69, 9.17) is 4.74 Å². The lowest BCUT2D eigenvalue weighted by atomic mass is 9.83. The Morgan fingerprint density at radius 2 is 2.00 bits per heavy atom. The Balaban J connectivity index is 1.46. The highest BCUT2D eigenvalue weighted by molar-refractivity contribution is 7.89. The number of morpholine rings is 1. The molecule has 0 saturated carbocycles. The zero-order chi connectivity index (χ0) is 20.4. The average molecular weight is 418 g/mol. The first-order valence-electron chi connectivity index (χ1n) is 10.1. The Labute approximate surface area is 171 Å². The maximum Gasteiger partial charge on any atom is 0.267 e. The highest BCUT2D eigenvalue weighted by Crippen LogP contribution is 2.31. The Kier molecular flexibility index (Phi) is 5.76. The summed E-state index contributed by atoms with van der Waals surface area (Å²) in [5.74, 6) is 0.0414. The van der Waals surface area contributed by atoms with E-state index in [2.05, 4.69) is 23.5 Å². The highest BCUT2D eigenvalue weighted by atomic mass is 32.2. The molecule has 1 aromatic carbocycles. The van der Waals surface area contributed by atoms with E-state index >= 15 is 0 Å². The minimum absolute atomic E-state index is 0.148. The van der Waals surface area contributed by atoms with Crippen molar-refractivity contribution in [3.8, 4) is 0 Å². The third-order valence-corrected chi connectivity index (χ3v) is 7.69. The van der Waals surface area contributed by atoms with E-state index in [9.17, 15) is 13.2 Å². The second-order valence-corrected chi connectivity index (χ2v) is 9.62. The molecule has 1 N–H and O–H groups in total. The lowest BCUT2D eigenvalue weighted by Gasteiger charge is -2.25. The molecule has 4 rings (SSSR count). The fraction of sp³-hybridized carbons (Fsp3) is 0.476. The summed E-state index contributed by atoms with van der Waals surface area (Å²) in [4.78, 5) is 12.9. The van der Waals surface area contributed by atoms with Crippen LogP contribution in [0.5, 0.6) is 0 Å². The number of nitrogens with one attached hydrogen (secondary N) is 1. The molecule has 0 spiro atoms. The Morgan fingerprint density at radius 3 is 2.79 bits per heavy atom. The van der Waals surface area contributed by atoms with Crippen LogP contribution in [-0.4, -0.2) is 56.0 Å². The normalized spacial score (nSPS) is 20.2. The average Bonchev–Trinajstić information content (AvgIpc) is 3.15. The van der Waals surface area contributed by atoms with E-state index in [-0.39, 0.29) is 10.8 Å². The fourth-order valence-electron chi connectivity index (χ4n) is 4.21. The molecule has 1 saturated heterocycles. The maximum absolute atomic E-state index is 12.8. The van der Waals surface area contributed by atoms with E-state index in [0.29, 0.717) is 44.5 Å². The maximum atomic E-state index is 12.8. The van der Waals surface area contributed by atoms with E-state index in [0.717, 1.165) is 19.3 Å². The molecule has 0 bridgehead atoms. The summed E-state index contributed by atoms with van der Waals surface area (Å²) in [6.45, 7) is 2.00. The smallest absolute Gasteiger partial charge is 0.267 e. The summed E-state index contributed by atoms with van der Waals surface area (Å²) >= 11 is 0. The van der Waals surface area contributed by atoms with Crippen LogP contribution in [0.1, 0.15) is 40.4 Å². The van der Waals surface area contributed by atoms with Crippen molar-refractivity contribution in [2.24, 2.45) is 7.05 Å². The summed E-state index contributed by atoms with van der Waals surface area (Å²) in [5.41, 5.74) is 3.01. The van der Waals surface area contributed by atoms with Crippen LogP contribution in [0, 0.1) is 0 Å². The Bertz CT molecular complexity index is 993. The third-order valence-electron chi connectivity index (χ3n) is 5.82. The minimum atomic E-state index is -3.62. The van der Waals surface area contributed by atoms with E-state index in [1.807, 2.05) is 6.07 Å². The van der Waals surface area contributed by atoms with Gasteiger partial charge in [-0.05, 0) is 36.5 Å². The lowest BCUT2D eigenvalue weighted by molar-refractivity contribution is 0.0730. The second kappa shape index (κ2) is 8.30. The molecule has 29 heavy (non-hydrogen) atoms. The zero-order valence-corrected chi connectivity index (χ0v) is 17.5. The van der Waals surface area contributed by atoms with Crippen molar-refractivity contribution in [2.75, 3.05) is 32.8 Å². The number of ether oxygens (including phenoxy) is 1. The number of carbonyl (C=O) groups excluding carboxylic acids is 1. The number of rotatable bonds is 5. The summed E-state index contributed by atoms with van der Waals surface area (Å²) < 4.78 is 33.9. The number of hydrogen-bond acceptors (Lipinski definition) is 4. The number of fused-ring (bicyclic) bond motifs is 1. The number of nitrogens with zero attached hydrogens (tertiary/aromatic N) is 2. The lowest BCUT2D eigenvalue weighted by Crippen LogP contribution is -2.40. The van der Waals surface area contributed by atoms with Crippen LogP contribution in [0.25, 0.3) is 0 Å². The molecule has 0 radical (unpaired) electrons.